The van der Waals surface area contributed by atoms with Crippen LogP contribution in [0.25, 0.3) is 0 Å². The summed E-state index contributed by atoms with van der Waals surface area (Å²) in [5.74, 6) is -0.262. The molecule has 0 saturated carbocycles. The van der Waals surface area contributed by atoms with E-state index in [2.05, 4.69) is 10.3 Å². The van der Waals surface area contributed by atoms with Gasteiger partial charge >= 0.3 is 0 Å². The highest BCUT2D eigenvalue weighted by Crippen LogP contribution is 2.31. The molecule has 1 aliphatic heterocycles. The van der Waals surface area contributed by atoms with Gasteiger partial charge in [-0.1, -0.05) is 42.0 Å². The number of benzodiazepines with no additional fused rings is 1. The zero-order valence-corrected chi connectivity index (χ0v) is 14.0. The standard InChI is InChI=1S/C17H14ClFN2OS/c1-2-22-15-8-14-11(7-13(15)19)17(20-9-16(23)21-14)10-5-3-4-6-12(10)18/h3-8H,2,9H2,1H3,(H,21,23). The van der Waals surface area contributed by atoms with Gasteiger partial charge in [-0.2, -0.15) is 0 Å². The van der Waals surface area contributed by atoms with Crippen LogP contribution in [0, 0.1) is 5.82 Å². The number of nitrogens with zero attached hydrogens (tertiary/aromatic N) is 1. The number of nitrogens with one attached hydrogen (secondary N) is 1. The van der Waals surface area contributed by atoms with E-state index in [1.165, 1.54) is 6.07 Å². The number of aliphatic imine (C=N–C) groups is 1. The Labute approximate surface area is 144 Å². The summed E-state index contributed by atoms with van der Waals surface area (Å²) in [5.41, 5.74) is 2.63. The number of fused-ring (bicyclic) bond motifs is 1. The Bertz CT molecular complexity index is 807. The van der Waals surface area contributed by atoms with Crippen molar-refractivity contribution in [3.63, 3.8) is 0 Å². The molecule has 0 aliphatic carbocycles. The summed E-state index contributed by atoms with van der Waals surface area (Å²) in [5, 5.41) is 3.65. The maximum Gasteiger partial charge on any atom is 0.165 e. The normalized spacial score (nSPS) is 13.7. The summed E-state index contributed by atoms with van der Waals surface area (Å²) in [7, 11) is 0. The Balaban J connectivity index is 2.19. The molecule has 0 fully saturated rings. The van der Waals surface area contributed by atoms with Crippen molar-refractivity contribution in [3.05, 3.63) is 58.4 Å². The average Bonchev–Trinajstić information content (AvgIpc) is 2.67. The van der Waals surface area contributed by atoms with Crippen molar-refractivity contribution in [1.29, 1.82) is 0 Å². The summed E-state index contributed by atoms with van der Waals surface area (Å²) in [6.07, 6.45) is 0. The lowest BCUT2D eigenvalue weighted by Gasteiger charge is -2.14. The molecule has 3 rings (SSSR count). The van der Waals surface area contributed by atoms with Gasteiger partial charge in [0.15, 0.2) is 11.6 Å². The van der Waals surface area contributed by atoms with Gasteiger partial charge in [0, 0.05) is 22.2 Å². The molecule has 0 spiro atoms. The van der Waals surface area contributed by atoms with E-state index in [0.29, 0.717) is 40.1 Å². The van der Waals surface area contributed by atoms with Crippen LogP contribution in [0.1, 0.15) is 18.1 Å². The van der Waals surface area contributed by atoms with E-state index in [9.17, 15) is 4.39 Å². The number of hydrogen-bond donors (Lipinski definition) is 1. The summed E-state index contributed by atoms with van der Waals surface area (Å²) in [6, 6.07) is 10.4. The largest absolute Gasteiger partial charge is 0.491 e. The van der Waals surface area contributed by atoms with Gasteiger partial charge in [-0.3, -0.25) is 4.99 Å². The van der Waals surface area contributed by atoms with Crippen molar-refractivity contribution in [2.45, 2.75) is 6.92 Å². The van der Waals surface area contributed by atoms with Crippen LogP contribution in [0.5, 0.6) is 5.75 Å². The minimum absolute atomic E-state index is 0.182. The number of halogens is 2. The first-order valence-electron chi connectivity index (χ1n) is 7.16. The van der Waals surface area contributed by atoms with Crippen LogP contribution >= 0.6 is 23.8 Å². The quantitative estimate of drug-likeness (QED) is 0.831. The number of anilines is 1. The second kappa shape index (κ2) is 6.64. The second-order valence-electron chi connectivity index (χ2n) is 4.95. The zero-order chi connectivity index (χ0) is 16.4. The number of benzene rings is 2. The minimum atomic E-state index is -0.444. The highest BCUT2D eigenvalue weighted by molar-refractivity contribution is 7.80. The Morgan fingerprint density at radius 3 is 2.83 bits per heavy atom. The van der Waals surface area contributed by atoms with Crippen molar-refractivity contribution in [3.8, 4) is 5.75 Å². The lowest BCUT2D eigenvalue weighted by Crippen LogP contribution is -2.11. The van der Waals surface area contributed by atoms with Crippen LogP contribution in [0.3, 0.4) is 0 Å². The molecular formula is C17H14ClFN2OS. The van der Waals surface area contributed by atoms with Crippen LogP contribution in [-0.2, 0) is 0 Å². The fraction of sp³-hybridized carbons (Fsp3) is 0.176. The topological polar surface area (TPSA) is 33.6 Å². The monoisotopic (exact) mass is 348 g/mol. The first-order valence-corrected chi connectivity index (χ1v) is 7.94. The fourth-order valence-corrected chi connectivity index (χ4v) is 2.83. The van der Waals surface area contributed by atoms with Gasteiger partial charge in [0.25, 0.3) is 0 Å². The number of ether oxygens (including phenoxy) is 1. The predicted molar refractivity (Wildman–Crippen MR) is 95.7 cm³/mol. The van der Waals surface area contributed by atoms with Crippen LogP contribution in [0.2, 0.25) is 5.02 Å². The van der Waals surface area contributed by atoms with E-state index < -0.39 is 5.82 Å². The molecule has 1 N–H and O–H groups in total. The summed E-state index contributed by atoms with van der Waals surface area (Å²) in [4.78, 5) is 5.07. The van der Waals surface area contributed by atoms with Crippen molar-refractivity contribution < 1.29 is 9.13 Å². The van der Waals surface area contributed by atoms with E-state index in [0.717, 1.165) is 5.56 Å². The van der Waals surface area contributed by atoms with Crippen molar-refractivity contribution in [1.82, 2.24) is 0 Å². The molecule has 2 aromatic carbocycles. The first-order chi connectivity index (χ1) is 11.1. The van der Waals surface area contributed by atoms with E-state index in [-0.39, 0.29) is 5.75 Å². The zero-order valence-electron chi connectivity index (χ0n) is 12.4. The molecule has 0 unspecified atom stereocenters. The summed E-state index contributed by atoms with van der Waals surface area (Å²) in [6.45, 7) is 2.50. The van der Waals surface area contributed by atoms with Crippen LogP contribution in [-0.4, -0.2) is 23.9 Å². The minimum Gasteiger partial charge on any atom is -0.491 e. The lowest BCUT2D eigenvalue weighted by molar-refractivity contribution is 0.322. The number of hydrogen-bond acceptors (Lipinski definition) is 3. The van der Waals surface area contributed by atoms with E-state index in [1.807, 2.05) is 18.2 Å². The molecule has 0 aromatic heterocycles. The third-order valence-electron chi connectivity index (χ3n) is 3.41. The smallest absolute Gasteiger partial charge is 0.165 e. The molecule has 0 radical (unpaired) electrons. The van der Waals surface area contributed by atoms with Crippen molar-refractivity contribution in [2.24, 2.45) is 4.99 Å². The van der Waals surface area contributed by atoms with Gasteiger partial charge in [0.05, 0.1) is 24.6 Å². The molecule has 0 saturated heterocycles. The third-order valence-corrected chi connectivity index (χ3v) is 3.97. The third kappa shape index (κ3) is 3.21. The lowest BCUT2D eigenvalue weighted by atomic mass is 10.00. The predicted octanol–water partition coefficient (Wildman–Crippen LogP) is 4.47. The van der Waals surface area contributed by atoms with Gasteiger partial charge in [0.1, 0.15) is 4.99 Å². The highest BCUT2D eigenvalue weighted by Gasteiger charge is 2.21. The molecule has 0 amide bonds. The molecule has 0 atom stereocenters. The van der Waals surface area contributed by atoms with Crippen LogP contribution in [0.15, 0.2) is 41.4 Å². The average molecular weight is 349 g/mol. The van der Waals surface area contributed by atoms with Gasteiger partial charge in [-0.15, -0.1) is 0 Å². The van der Waals surface area contributed by atoms with E-state index in [1.54, 1.807) is 19.1 Å². The highest BCUT2D eigenvalue weighted by atomic mass is 35.5. The molecule has 1 heterocycles. The number of thiocarbonyl (C=S) groups is 1. The Hall–Kier alpha value is -1.98. The van der Waals surface area contributed by atoms with Gasteiger partial charge in [-0.05, 0) is 19.1 Å². The molecule has 6 heteroatoms. The molecule has 3 nitrogen and oxygen atoms in total. The number of rotatable bonds is 3. The van der Waals surface area contributed by atoms with Crippen LogP contribution < -0.4 is 10.1 Å². The van der Waals surface area contributed by atoms with Gasteiger partial charge in [0.2, 0.25) is 0 Å². The maximum atomic E-state index is 14.3. The van der Waals surface area contributed by atoms with Crippen molar-refractivity contribution in [2.75, 3.05) is 18.5 Å². The van der Waals surface area contributed by atoms with Crippen LogP contribution in [0.4, 0.5) is 10.1 Å². The maximum absolute atomic E-state index is 14.3. The molecule has 23 heavy (non-hydrogen) atoms. The molecule has 118 valence electrons. The summed E-state index contributed by atoms with van der Waals surface area (Å²) >= 11 is 11.5. The SMILES string of the molecule is CCOc1cc2c(cc1F)C(c1ccccc1Cl)=NCC(=S)N2. The summed E-state index contributed by atoms with van der Waals surface area (Å²) < 4.78 is 19.6. The molecular weight excluding hydrogens is 335 g/mol. The van der Waals surface area contributed by atoms with Crippen molar-refractivity contribution >= 4 is 40.2 Å². The Kier molecular flexibility index (Phi) is 4.59. The molecule has 1 aliphatic rings. The van der Waals surface area contributed by atoms with E-state index in [4.69, 9.17) is 28.6 Å². The molecule has 2 aromatic rings. The van der Waals surface area contributed by atoms with E-state index >= 15 is 0 Å². The first kappa shape index (κ1) is 15.9. The Morgan fingerprint density at radius 2 is 2.09 bits per heavy atom. The molecule has 0 bridgehead atoms. The van der Waals surface area contributed by atoms with Gasteiger partial charge in [-0.25, -0.2) is 4.39 Å². The fourth-order valence-electron chi connectivity index (χ4n) is 2.43. The Morgan fingerprint density at radius 1 is 1.30 bits per heavy atom. The second-order valence-corrected chi connectivity index (χ2v) is 5.85. The van der Waals surface area contributed by atoms with Gasteiger partial charge < -0.3 is 10.1 Å².